The molecule has 0 N–H and O–H groups in total. The molecule has 2 heterocycles. The number of aromatic nitrogens is 3. The Morgan fingerprint density at radius 1 is 1.18 bits per heavy atom. The monoisotopic (exact) mass is 357 g/mol. The number of halogens is 1. The Balaban J connectivity index is 2.21. The summed E-state index contributed by atoms with van der Waals surface area (Å²) in [5.41, 5.74) is 1.53. The Hall–Kier alpha value is -2.01. The molecule has 5 heteroatoms. The van der Waals surface area contributed by atoms with E-state index in [1.54, 1.807) is 22.9 Å². The van der Waals surface area contributed by atoms with E-state index in [0.29, 0.717) is 17.6 Å². The molecular formula is C17H16BrN3O. The summed E-state index contributed by atoms with van der Waals surface area (Å²) in [6.07, 6.45) is 2.51. The van der Waals surface area contributed by atoms with Gasteiger partial charge in [0.05, 0.1) is 16.8 Å². The number of hydrogen-bond donors (Lipinski definition) is 0. The number of hydrogen-bond acceptors (Lipinski definition) is 3. The van der Waals surface area contributed by atoms with E-state index >= 15 is 0 Å². The molecule has 0 spiro atoms. The minimum absolute atomic E-state index is 0.0234. The summed E-state index contributed by atoms with van der Waals surface area (Å²) < 4.78 is 1.74. The van der Waals surface area contributed by atoms with Gasteiger partial charge < -0.3 is 0 Å². The van der Waals surface area contributed by atoms with Crippen LogP contribution in [0.1, 0.15) is 29.6 Å². The van der Waals surface area contributed by atoms with Gasteiger partial charge in [-0.25, -0.2) is 9.97 Å². The summed E-state index contributed by atoms with van der Waals surface area (Å²) in [6.45, 7) is 2.57. The Bertz CT molecular complexity index is 845. The largest absolute Gasteiger partial charge is 0.291 e. The van der Waals surface area contributed by atoms with Crippen molar-refractivity contribution in [3.05, 3.63) is 70.4 Å². The molecule has 0 aliphatic carbocycles. The van der Waals surface area contributed by atoms with Gasteiger partial charge >= 0.3 is 0 Å². The fraction of sp³-hybridized carbons (Fsp3) is 0.235. The van der Waals surface area contributed by atoms with Crippen molar-refractivity contribution in [2.24, 2.45) is 0 Å². The van der Waals surface area contributed by atoms with E-state index < -0.39 is 0 Å². The Morgan fingerprint density at radius 3 is 2.68 bits per heavy atom. The van der Waals surface area contributed by atoms with E-state index in [1.807, 2.05) is 30.3 Å². The lowest BCUT2D eigenvalue weighted by atomic mass is 10.2. The van der Waals surface area contributed by atoms with E-state index in [-0.39, 0.29) is 10.4 Å². The van der Waals surface area contributed by atoms with Crippen molar-refractivity contribution in [2.75, 3.05) is 0 Å². The van der Waals surface area contributed by atoms with E-state index in [4.69, 9.17) is 0 Å². The van der Waals surface area contributed by atoms with Crippen LogP contribution in [0.2, 0.25) is 0 Å². The maximum absolute atomic E-state index is 12.8. The summed E-state index contributed by atoms with van der Waals surface area (Å²) in [4.78, 5) is 21.7. The normalized spacial score (nSPS) is 12.5. The van der Waals surface area contributed by atoms with Crippen LogP contribution in [0.5, 0.6) is 0 Å². The Kier molecular flexibility index (Phi) is 4.34. The van der Waals surface area contributed by atoms with Crippen molar-refractivity contribution in [2.45, 2.75) is 24.7 Å². The fourth-order valence-electron chi connectivity index (χ4n) is 2.41. The lowest BCUT2D eigenvalue weighted by Gasteiger charge is -2.16. The van der Waals surface area contributed by atoms with Crippen LogP contribution in [0.25, 0.3) is 11.0 Å². The van der Waals surface area contributed by atoms with E-state index in [2.05, 4.69) is 32.8 Å². The van der Waals surface area contributed by atoms with Crippen LogP contribution < -0.4 is 5.56 Å². The van der Waals surface area contributed by atoms with Gasteiger partial charge in [0.2, 0.25) is 0 Å². The smallest absolute Gasteiger partial charge is 0.263 e. The second kappa shape index (κ2) is 6.40. The van der Waals surface area contributed by atoms with Crippen molar-refractivity contribution in [1.29, 1.82) is 0 Å². The zero-order valence-electron chi connectivity index (χ0n) is 12.2. The average molecular weight is 358 g/mol. The molecule has 2 aromatic heterocycles. The second-order valence-corrected chi connectivity index (χ2v) is 6.20. The molecule has 112 valence electrons. The minimum Gasteiger partial charge on any atom is -0.291 e. The van der Waals surface area contributed by atoms with Crippen LogP contribution in [-0.2, 0) is 6.54 Å². The van der Waals surface area contributed by atoms with Gasteiger partial charge in [-0.1, -0.05) is 53.2 Å². The SMILES string of the molecule is CCC(Br)c1nc2ncccc2c(=O)n1Cc1ccccc1. The van der Waals surface area contributed by atoms with Gasteiger partial charge in [0.1, 0.15) is 5.82 Å². The number of alkyl halides is 1. The zero-order valence-corrected chi connectivity index (χ0v) is 13.8. The van der Waals surface area contributed by atoms with Crippen LogP contribution >= 0.6 is 15.9 Å². The molecule has 0 amide bonds. The van der Waals surface area contributed by atoms with Gasteiger partial charge in [-0.05, 0) is 24.1 Å². The highest BCUT2D eigenvalue weighted by Crippen LogP contribution is 2.25. The first-order valence-electron chi connectivity index (χ1n) is 7.24. The van der Waals surface area contributed by atoms with Crippen molar-refractivity contribution < 1.29 is 0 Å². The second-order valence-electron chi connectivity index (χ2n) is 5.10. The molecule has 0 saturated carbocycles. The Morgan fingerprint density at radius 2 is 1.95 bits per heavy atom. The van der Waals surface area contributed by atoms with Crippen molar-refractivity contribution in [1.82, 2.24) is 14.5 Å². The molecule has 1 unspecified atom stereocenters. The molecule has 1 aromatic carbocycles. The van der Waals surface area contributed by atoms with Crippen molar-refractivity contribution in [3.63, 3.8) is 0 Å². The van der Waals surface area contributed by atoms with Crippen LogP contribution in [0.4, 0.5) is 0 Å². The van der Waals surface area contributed by atoms with Crippen LogP contribution in [-0.4, -0.2) is 14.5 Å². The molecule has 22 heavy (non-hydrogen) atoms. The topological polar surface area (TPSA) is 47.8 Å². The van der Waals surface area contributed by atoms with Gasteiger partial charge in [0, 0.05) is 6.20 Å². The maximum Gasteiger partial charge on any atom is 0.263 e. The molecule has 3 aromatic rings. The minimum atomic E-state index is -0.0464. The highest BCUT2D eigenvalue weighted by Gasteiger charge is 2.17. The fourth-order valence-corrected chi connectivity index (χ4v) is 2.76. The van der Waals surface area contributed by atoms with E-state index in [9.17, 15) is 4.79 Å². The summed E-state index contributed by atoms with van der Waals surface area (Å²) in [6, 6.07) is 13.5. The third-order valence-corrected chi connectivity index (χ3v) is 4.64. The summed E-state index contributed by atoms with van der Waals surface area (Å²) >= 11 is 3.62. The van der Waals surface area contributed by atoms with Gasteiger partial charge in [0.25, 0.3) is 5.56 Å². The summed E-state index contributed by atoms with van der Waals surface area (Å²) in [5.74, 6) is 0.725. The van der Waals surface area contributed by atoms with E-state index in [0.717, 1.165) is 17.8 Å². The lowest BCUT2D eigenvalue weighted by Crippen LogP contribution is -2.26. The highest BCUT2D eigenvalue weighted by atomic mass is 79.9. The number of benzene rings is 1. The number of rotatable bonds is 4. The number of pyridine rings is 1. The molecule has 0 aliphatic heterocycles. The van der Waals surface area contributed by atoms with Gasteiger partial charge in [-0.15, -0.1) is 0 Å². The molecule has 4 nitrogen and oxygen atoms in total. The van der Waals surface area contributed by atoms with Crippen molar-refractivity contribution >= 4 is 27.0 Å². The summed E-state index contributed by atoms with van der Waals surface area (Å²) in [7, 11) is 0. The highest BCUT2D eigenvalue weighted by molar-refractivity contribution is 9.09. The maximum atomic E-state index is 12.8. The predicted molar refractivity (Wildman–Crippen MR) is 91.3 cm³/mol. The first-order chi connectivity index (χ1) is 10.7. The summed E-state index contributed by atoms with van der Waals surface area (Å²) in [5, 5.41) is 0.554. The third kappa shape index (κ3) is 2.81. The van der Waals surface area contributed by atoms with Crippen LogP contribution in [0.3, 0.4) is 0 Å². The molecular weight excluding hydrogens is 342 g/mol. The van der Waals surface area contributed by atoms with Crippen LogP contribution in [0, 0.1) is 0 Å². The predicted octanol–water partition coefficient (Wildman–Crippen LogP) is 3.69. The molecule has 1 atom stereocenters. The quantitative estimate of drug-likeness (QED) is 0.669. The van der Waals surface area contributed by atoms with Gasteiger partial charge in [-0.3, -0.25) is 9.36 Å². The molecule has 0 fully saturated rings. The lowest BCUT2D eigenvalue weighted by molar-refractivity contribution is 0.661. The van der Waals surface area contributed by atoms with Crippen molar-refractivity contribution in [3.8, 4) is 0 Å². The van der Waals surface area contributed by atoms with Gasteiger partial charge in [0.15, 0.2) is 5.65 Å². The average Bonchev–Trinajstić information content (AvgIpc) is 2.57. The standard InChI is InChI=1S/C17H16BrN3O/c1-2-14(18)16-20-15-13(9-6-10-19-15)17(22)21(16)11-12-7-4-3-5-8-12/h3-10,14H,2,11H2,1H3. The number of fused-ring (bicyclic) bond motifs is 1. The molecule has 0 bridgehead atoms. The van der Waals surface area contributed by atoms with Crippen LogP contribution in [0.15, 0.2) is 53.5 Å². The number of nitrogens with zero attached hydrogens (tertiary/aromatic N) is 3. The van der Waals surface area contributed by atoms with E-state index in [1.165, 1.54) is 0 Å². The molecule has 0 radical (unpaired) electrons. The molecule has 3 rings (SSSR count). The van der Waals surface area contributed by atoms with Gasteiger partial charge in [-0.2, -0.15) is 0 Å². The first kappa shape index (κ1) is 14.9. The third-order valence-electron chi connectivity index (χ3n) is 3.58. The molecule has 0 saturated heterocycles. The first-order valence-corrected chi connectivity index (χ1v) is 8.15. The molecule has 0 aliphatic rings. The Labute approximate surface area is 137 Å². The zero-order chi connectivity index (χ0) is 15.5.